The van der Waals surface area contributed by atoms with E-state index in [1.165, 1.54) is 4.90 Å². The number of hydrogen-bond acceptors (Lipinski definition) is 3. The Hall–Kier alpha value is -1.52. The van der Waals surface area contributed by atoms with Crippen LogP contribution in [-0.4, -0.2) is 35.6 Å². The van der Waals surface area contributed by atoms with Crippen molar-refractivity contribution in [3.8, 4) is 18.4 Å². The van der Waals surface area contributed by atoms with Gasteiger partial charge in [0.2, 0.25) is 0 Å². The van der Waals surface area contributed by atoms with Crippen LogP contribution in [-0.2, 0) is 4.79 Å². The Balaban J connectivity index is 3.82. The van der Waals surface area contributed by atoms with E-state index >= 15 is 0 Å². The fraction of sp³-hybridized carbons (Fsp3) is 0.429. The van der Waals surface area contributed by atoms with Gasteiger partial charge in [-0.15, -0.1) is 6.42 Å². The van der Waals surface area contributed by atoms with E-state index in [2.05, 4.69) is 5.92 Å². The second-order valence-corrected chi connectivity index (χ2v) is 1.90. The minimum Gasteiger partial charge on any atom is -0.480 e. The quantitative estimate of drug-likeness (QED) is 0.437. The molecule has 0 aromatic carbocycles. The lowest BCUT2D eigenvalue weighted by molar-refractivity contribution is -0.138. The van der Waals surface area contributed by atoms with Crippen molar-refractivity contribution in [3.63, 3.8) is 0 Å². The lowest BCUT2D eigenvalue weighted by atomic mass is 10.4. The Kier molecular flexibility index (Phi) is 4.55. The number of rotatable bonds is 4. The molecule has 0 heterocycles. The predicted octanol–water partition coefficient (Wildman–Crippen LogP) is -0.470. The number of aliphatic carboxylic acids is 1. The third kappa shape index (κ3) is 4.95. The van der Waals surface area contributed by atoms with Crippen LogP contribution in [0.5, 0.6) is 0 Å². The van der Waals surface area contributed by atoms with Gasteiger partial charge in [-0.3, -0.25) is 9.69 Å². The van der Waals surface area contributed by atoms with E-state index in [-0.39, 0.29) is 19.6 Å². The maximum Gasteiger partial charge on any atom is 0.317 e. The van der Waals surface area contributed by atoms with Gasteiger partial charge in [0.05, 0.1) is 25.7 Å². The van der Waals surface area contributed by atoms with E-state index in [0.29, 0.717) is 0 Å². The lowest BCUT2D eigenvalue weighted by Gasteiger charge is -2.11. The molecule has 4 nitrogen and oxygen atoms in total. The first-order valence-electron chi connectivity index (χ1n) is 2.95. The normalized spacial score (nSPS) is 8.64. The van der Waals surface area contributed by atoms with Crippen LogP contribution in [0.15, 0.2) is 0 Å². The molecule has 0 spiro atoms. The fourth-order valence-electron chi connectivity index (χ4n) is 0.588. The average molecular weight is 152 g/mol. The number of nitriles is 1. The van der Waals surface area contributed by atoms with Crippen LogP contribution in [0.25, 0.3) is 0 Å². The van der Waals surface area contributed by atoms with E-state index in [1.54, 1.807) is 0 Å². The Bertz CT molecular complexity index is 195. The monoisotopic (exact) mass is 152 g/mol. The first-order valence-corrected chi connectivity index (χ1v) is 2.95. The van der Waals surface area contributed by atoms with Crippen molar-refractivity contribution in [2.75, 3.05) is 19.6 Å². The zero-order valence-corrected chi connectivity index (χ0v) is 5.95. The summed E-state index contributed by atoms with van der Waals surface area (Å²) in [6.45, 7) is 0.0636. The molecule has 0 saturated carbocycles. The summed E-state index contributed by atoms with van der Waals surface area (Å²) in [6, 6.07) is 1.82. The van der Waals surface area contributed by atoms with Crippen LogP contribution >= 0.6 is 0 Å². The van der Waals surface area contributed by atoms with E-state index in [1.807, 2.05) is 6.07 Å². The second kappa shape index (κ2) is 5.28. The smallest absolute Gasteiger partial charge is 0.317 e. The van der Waals surface area contributed by atoms with Gasteiger partial charge < -0.3 is 5.11 Å². The largest absolute Gasteiger partial charge is 0.480 e. The minimum absolute atomic E-state index is 0.0521. The number of carbonyl (C=O) groups is 1. The number of terminal acetylenes is 1. The molecule has 0 amide bonds. The summed E-state index contributed by atoms with van der Waals surface area (Å²) in [5.74, 6) is 1.29. The maximum absolute atomic E-state index is 10.1. The molecule has 0 bridgehead atoms. The minimum atomic E-state index is -0.976. The summed E-state index contributed by atoms with van der Waals surface area (Å²) in [4.78, 5) is 11.5. The number of carboxylic acids is 1. The van der Waals surface area contributed by atoms with Crippen molar-refractivity contribution in [3.05, 3.63) is 0 Å². The standard InChI is InChI=1S/C7H8N2O2/c1-2-4-9(5-3-8)6-7(10)11/h1H,4-6H2,(H,10,11). The molecule has 1 N–H and O–H groups in total. The number of nitrogens with zero attached hydrogens (tertiary/aromatic N) is 2. The highest BCUT2D eigenvalue weighted by Gasteiger charge is 2.06. The molecule has 0 aliphatic rings. The SMILES string of the molecule is C#CCN(CC#N)CC(=O)O. The Labute approximate surface area is 65.0 Å². The van der Waals surface area contributed by atoms with Crippen LogP contribution < -0.4 is 0 Å². The van der Waals surface area contributed by atoms with Crippen molar-refractivity contribution in [2.24, 2.45) is 0 Å². The van der Waals surface area contributed by atoms with Crippen molar-refractivity contribution >= 4 is 5.97 Å². The Morgan fingerprint density at radius 3 is 2.64 bits per heavy atom. The Morgan fingerprint density at radius 2 is 2.27 bits per heavy atom. The van der Waals surface area contributed by atoms with Gasteiger partial charge in [-0.05, 0) is 0 Å². The topological polar surface area (TPSA) is 64.3 Å². The van der Waals surface area contributed by atoms with E-state index in [4.69, 9.17) is 16.8 Å². The van der Waals surface area contributed by atoms with E-state index in [9.17, 15) is 4.79 Å². The molecule has 0 atom stereocenters. The van der Waals surface area contributed by atoms with E-state index in [0.717, 1.165) is 0 Å². The zero-order chi connectivity index (χ0) is 8.69. The summed E-state index contributed by atoms with van der Waals surface area (Å²) >= 11 is 0. The summed E-state index contributed by atoms with van der Waals surface area (Å²) < 4.78 is 0. The summed E-state index contributed by atoms with van der Waals surface area (Å²) in [7, 11) is 0. The van der Waals surface area contributed by atoms with Crippen molar-refractivity contribution in [2.45, 2.75) is 0 Å². The van der Waals surface area contributed by atoms with Gasteiger partial charge in [-0.2, -0.15) is 5.26 Å². The molecule has 0 fully saturated rings. The molecule has 0 saturated heterocycles. The van der Waals surface area contributed by atoms with E-state index < -0.39 is 5.97 Å². The van der Waals surface area contributed by atoms with Crippen LogP contribution in [0.2, 0.25) is 0 Å². The summed E-state index contributed by atoms with van der Waals surface area (Å²) in [5, 5.41) is 16.5. The third-order valence-electron chi connectivity index (χ3n) is 0.968. The van der Waals surface area contributed by atoms with Crippen LogP contribution in [0.3, 0.4) is 0 Å². The average Bonchev–Trinajstić information content (AvgIpc) is 1.87. The highest BCUT2D eigenvalue weighted by molar-refractivity contribution is 5.69. The highest BCUT2D eigenvalue weighted by atomic mass is 16.4. The molecule has 0 unspecified atom stereocenters. The maximum atomic E-state index is 10.1. The molecule has 0 aliphatic carbocycles. The molecular formula is C7H8N2O2. The molecule has 4 heteroatoms. The molecule has 58 valence electrons. The molecule has 0 aromatic heterocycles. The molecule has 0 radical (unpaired) electrons. The molecule has 0 aliphatic heterocycles. The van der Waals surface area contributed by atoms with Crippen molar-refractivity contribution in [1.29, 1.82) is 5.26 Å². The van der Waals surface area contributed by atoms with Crippen LogP contribution in [0, 0.1) is 23.7 Å². The van der Waals surface area contributed by atoms with Gasteiger partial charge in [-0.25, -0.2) is 0 Å². The summed E-state index contributed by atoms with van der Waals surface area (Å²) in [6.07, 6.45) is 4.94. The van der Waals surface area contributed by atoms with Gasteiger partial charge >= 0.3 is 5.97 Å². The van der Waals surface area contributed by atoms with Gasteiger partial charge in [0, 0.05) is 0 Å². The fourth-order valence-corrected chi connectivity index (χ4v) is 0.588. The molecule has 0 aromatic rings. The number of hydrogen-bond donors (Lipinski definition) is 1. The zero-order valence-electron chi connectivity index (χ0n) is 5.95. The van der Waals surface area contributed by atoms with Gasteiger partial charge in [0.1, 0.15) is 0 Å². The molecule has 0 rings (SSSR count). The van der Waals surface area contributed by atoms with Gasteiger partial charge in [0.15, 0.2) is 0 Å². The third-order valence-corrected chi connectivity index (χ3v) is 0.968. The Morgan fingerprint density at radius 1 is 1.64 bits per heavy atom. The van der Waals surface area contributed by atoms with Crippen LogP contribution in [0.4, 0.5) is 0 Å². The first-order chi connectivity index (χ1) is 5.20. The highest BCUT2D eigenvalue weighted by Crippen LogP contribution is 1.84. The van der Waals surface area contributed by atoms with Gasteiger partial charge in [-0.1, -0.05) is 5.92 Å². The predicted molar refractivity (Wildman–Crippen MR) is 38.5 cm³/mol. The van der Waals surface area contributed by atoms with Gasteiger partial charge in [0.25, 0.3) is 0 Å². The number of carboxylic acid groups (broad SMARTS) is 1. The van der Waals surface area contributed by atoms with Crippen LogP contribution in [0.1, 0.15) is 0 Å². The van der Waals surface area contributed by atoms with Crippen molar-refractivity contribution < 1.29 is 9.90 Å². The summed E-state index contributed by atoms with van der Waals surface area (Å²) in [5.41, 5.74) is 0. The lowest BCUT2D eigenvalue weighted by Crippen LogP contribution is -2.30. The molecular weight excluding hydrogens is 144 g/mol. The first kappa shape index (κ1) is 9.48. The van der Waals surface area contributed by atoms with Crippen molar-refractivity contribution in [1.82, 2.24) is 4.90 Å². The second-order valence-electron chi connectivity index (χ2n) is 1.90. The molecule has 11 heavy (non-hydrogen) atoms.